The van der Waals surface area contributed by atoms with E-state index in [4.69, 9.17) is 0 Å². The fourth-order valence-corrected chi connectivity index (χ4v) is 2.66. The van der Waals surface area contributed by atoms with E-state index in [0.717, 1.165) is 12.3 Å². The standard InChI is InChI=1S/C21H28N2O/c1-15(14-17-10-12-18(13-11-17)21(3,4)5)22-16(2)23-19-8-6-7-9-20(19)24/h6-13,15,24H,14H2,1-5H3,(H,22,23). The molecule has 0 saturated carbocycles. The summed E-state index contributed by atoms with van der Waals surface area (Å²) < 4.78 is 0. The molecule has 0 bridgehead atoms. The van der Waals surface area contributed by atoms with E-state index in [0.29, 0.717) is 5.69 Å². The number of aliphatic imine (C=N–C) groups is 1. The predicted molar refractivity (Wildman–Crippen MR) is 103 cm³/mol. The van der Waals surface area contributed by atoms with Gasteiger partial charge in [0.15, 0.2) is 0 Å². The zero-order valence-corrected chi connectivity index (χ0v) is 15.3. The molecule has 0 aliphatic carbocycles. The zero-order chi connectivity index (χ0) is 17.7. The summed E-state index contributed by atoms with van der Waals surface area (Å²) >= 11 is 0. The highest BCUT2D eigenvalue weighted by atomic mass is 16.3. The van der Waals surface area contributed by atoms with E-state index in [-0.39, 0.29) is 17.2 Å². The Kier molecular flexibility index (Phi) is 5.66. The van der Waals surface area contributed by atoms with Crippen LogP contribution in [0, 0.1) is 0 Å². The van der Waals surface area contributed by atoms with Crippen molar-refractivity contribution in [3.63, 3.8) is 0 Å². The van der Waals surface area contributed by atoms with Gasteiger partial charge in [0.2, 0.25) is 0 Å². The van der Waals surface area contributed by atoms with Gasteiger partial charge in [0.25, 0.3) is 0 Å². The molecule has 24 heavy (non-hydrogen) atoms. The van der Waals surface area contributed by atoms with Crippen LogP contribution in [0.2, 0.25) is 0 Å². The molecule has 0 radical (unpaired) electrons. The molecule has 3 heteroatoms. The molecule has 2 aromatic carbocycles. The maximum atomic E-state index is 9.80. The molecule has 1 atom stereocenters. The highest BCUT2D eigenvalue weighted by molar-refractivity contribution is 5.94. The van der Waals surface area contributed by atoms with Gasteiger partial charge in [-0.25, -0.2) is 0 Å². The van der Waals surface area contributed by atoms with Crippen molar-refractivity contribution in [2.75, 3.05) is 5.32 Å². The van der Waals surface area contributed by atoms with E-state index in [1.807, 2.05) is 19.1 Å². The number of anilines is 1. The molecule has 3 nitrogen and oxygen atoms in total. The summed E-state index contributed by atoms with van der Waals surface area (Å²) in [6.07, 6.45) is 0.893. The molecule has 0 fully saturated rings. The van der Waals surface area contributed by atoms with E-state index in [1.165, 1.54) is 11.1 Å². The normalized spacial score (nSPS) is 13.6. The van der Waals surface area contributed by atoms with Crippen molar-refractivity contribution in [1.82, 2.24) is 0 Å². The summed E-state index contributed by atoms with van der Waals surface area (Å²) in [5.41, 5.74) is 3.50. The molecular weight excluding hydrogens is 296 g/mol. The molecule has 0 aliphatic rings. The Morgan fingerprint density at radius 1 is 1.08 bits per heavy atom. The lowest BCUT2D eigenvalue weighted by Gasteiger charge is -2.19. The maximum Gasteiger partial charge on any atom is 0.139 e. The van der Waals surface area contributed by atoms with Crippen LogP contribution in [0.25, 0.3) is 0 Å². The summed E-state index contributed by atoms with van der Waals surface area (Å²) in [6.45, 7) is 10.7. The topological polar surface area (TPSA) is 44.6 Å². The minimum absolute atomic E-state index is 0.170. The first kappa shape index (κ1) is 18.1. The smallest absolute Gasteiger partial charge is 0.139 e. The van der Waals surface area contributed by atoms with Crippen molar-refractivity contribution in [3.8, 4) is 5.75 Å². The van der Waals surface area contributed by atoms with Crippen LogP contribution >= 0.6 is 0 Å². The fourth-order valence-electron chi connectivity index (χ4n) is 2.66. The molecule has 2 N–H and O–H groups in total. The Balaban J connectivity index is 1.99. The summed E-state index contributed by atoms with van der Waals surface area (Å²) in [5.74, 6) is 1.03. The zero-order valence-electron chi connectivity index (χ0n) is 15.3. The Labute approximate surface area is 145 Å². The predicted octanol–water partition coefficient (Wildman–Crippen LogP) is 5.15. The second kappa shape index (κ2) is 7.52. The minimum Gasteiger partial charge on any atom is -0.506 e. The van der Waals surface area contributed by atoms with Gasteiger partial charge >= 0.3 is 0 Å². The first-order chi connectivity index (χ1) is 11.3. The van der Waals surface area contributed by atoms with Crippen LogP contribution in [0.1, 0.15) is 45.7 Å². The lowest BCUT2D eigenvalue weighted by atomic mass is 9.86. The molecule has 0 heterocycles. The number of para-hydroxylation sites is 2. The molecule has 0 spiro atoms. The molecular formula is C21H28N2O. The van der Waals surface area contributed by atoms with E-state index < -0.39 is 0 Å². The van der Waals surface area contributed by atoms with Crippen LogP contribution in [0.5, 0.6) is 5.75 Å². The van der Waals surface area contributed by atoms with Gasteiger partial charge in [-0.3, -0.25) is 4.99 Å². The lowest BCUT2D eigenvalue weighted by molar-refractivity contribution is 0.478. The first-order valence-corrected chi connectivity index (χ1v) is 8.44. The van der Waals surface area contributed by atoms with E-state index in [2.05, 4.69) is 62.3 Å². The van der Waals surface area contributed by atoms with Gasteiger partial charge in [0.05, 0.1) is 17.6 Å². The van der Waals surface area contributed by atoms with Crippen molar-refractivity contribution >= 4 is 11.5 Å². The number of nitrogens with one attached hydrogen (secondary N) is 1. The second-order valence-electron chi connectivity index (χ2n) is 7.36. The van der Waals surface area contributed by atoms with Gasteiger partial charge in [0.1, 0.15) is 5.75 Å². The summed E-state index contributed by atoms with van der Waals surface area (Å²) in [4.78, 5) is 4.67. The van der Waals surface area contributed by atoms with Crippen LogP contribution in [0.4, 0.5) is 5.69 Å². The highest BCUT2D eigenvalue weighted by Crippen LogP contribution is 2.23. The van der Waals surface area contributed by atoms with Crippen LogP contribution in [0.3, 0.4) is 0 Å². The maximum absolute atomic E-state index is 9.80. The summed E-state index contributed by atoms with van der Waals surface area (Å²) in [6, 6.07) is 16.2. The Bertz CT molecular complexity index is 697. The number of amidine groups is 1. The first-order valence-electron chi connectivity index (χ1n) is 8.44. The van der Waals surface area contributed by atoms with E-state index in [9.17, 15) is 5.11 Å². The molecule has 1 unspecified atom stereocenters. The number of hydrogen-bond acceptors (Lipinski definition) is 2. The fraction of sp³-hybridized carbons (Fsp3) is 0.381. The summed E-state index contributed by atoms with van der Waals surface area (Å²) in [5, 5.41) is 13.0. The highest BCUT2D eigenvalue weighted by Gasteiger charge is 2.13. The van der Waals surface area contributed by atoms with Gasteiger partial charge in [0, 0.05) is 0 Å². The lowest BCUT2D eigenvalue weighted by Crippen LogP contribution is -2.14. The Hall–Kier alpha value is -2.29. The van der Waals surface area contributed by atoms with Crippen molar-refractivity contribution in [3.05, 3.63) is 59.7 Å². The third-order valence-electron chi connectivity index (χ3n) is 3.98. The molecule has 0 aromatic heterocycles. The van der Waals surface area contributed by atoms with Gasteiger partial charge in [-0.2, -0.15) is 0 Å². The number of hydrogen-bond donors (Lipinski definition) is 2. The largest absolute Gasteiger partial charge is 0.506 e. The SMILES string of the molecule is CC(=NC(C)Cc1ccc(C(C)(C)C)cc1)Nc1ccccc1O. The number of rotatable bonds is 4. The summed E-state index contributed by atoms with van der Waals surface area (Å²) in [7, 11) is 0. The number of nitrogens with zero attached hydrogens (tertiary/aromatic N) is 1. The molecule has 2 rings (SSSR count). The molecule has 0 amide bonds. The number of phenolic OH excluding ortho intramolecular Hbond substituents is 1. The average molecular weight is 324 g/mol. The van der Waals surface area contributed by atoms with Crippen molar-refractivity contribution in [1.29, 1.82) is 0 Å². The van der Waals surface area contributed by atoms with Crippen molar-refractivity contribution < 1.29 is 5.11 Å². The van der Waals surface area contributed by atoms with Gasteiger partial charge in [-0.05, 0) is 48.9 Å². The minimum atomic E-state index is 0.170. The third-order valence-corrected chi connectivity index (χ3v) is 3.98. The molecule has 128 valence electrons. The van der Waals surface area contributed by atoms with Crippen LogP contribution in [-0.2, 0) is 11.8 Å². The van der Waals surface area contributed by atoms with E-state index in [1.54, 1.807) is 12.1 Å². The van der Waals surface area contributed by atoms with Gasteiger partial charge in [-0.1, -0.05) is 57.2 Å². The van der Waals surface area contributed by atoms with Gasteiger partial charge in [-0.15, -0.1) is 0 Å². The molecule has 0 saturated heterocycles. The van der Waals surface area contributed by atoms with Crippen LogP contribution < -0.4 is 5.32 Å². The molecule has 0 aliphatic heterocycles. The number of benzene rings is 2. The molecule has 2 aromatic rings. The number of phenols is 1. The quantitative estimate of drug-likeness (QED) is 0.464. The average Bonchev–Trinajstić information content (AvgIpc) is 2.49. The van der Waals surface area contributed by atoms with Crippen molar-refractivity contribution in [2.45, 2.75) is 52.5 Å². The monoisotopic (exact) mass is 324 g/mol. The Morgan fingerprint density at radius 3 is 2.29 bits per heavy atom. The van der Waals surface area contributed by atoms with Crippen LogP contribution in [-0.4, -0.2) is 17.0 Å². The second-order valence-corrected chi connectivity index (χ2v) is 7.36. The number of aromatic hydroxyl groups is 1. The van der Waals surface area contributed by atoms with Gasteiger partial charge < -0.3 is 10.4 Å². The van der Waals surface area contributed by atoms with E-state index >= 15 is 0 Å². The third kappa shape index (κ3) is 5.12. The van der Waals surface area contributed by atoms with Crippen molar-refractivity contribution in [2.24, 2.45) is 4.99 Å². The van der Waals surface area contributed by atoms with Crippen LogP contribution in [0.15, 0.2) is 53.5 Å². The Morgan fingerprint density at radius 2 is 1.71 bits per heavy atom.